The van der Waals surface area contributed by atoms with E-state index in [4.69, 9.17) is 0 Å². The van der Waals surface area contributed by atoms with E-state index in [1.807, 2.05) is 0 Å². The molecule has 11 rings (SSSR count). The van der Waals surface area contributed by atoms with Crippen LogP contribution in [0.3, 0.4) is 0 Å². The molecule has 11 aliphatic carbocycles. The van der Waals surface area contributed by atoms with Crippen LogP contribution in [0.5, 0.6) is 0 Å². The van der Waals surface area contributed by atoms with Crippen molar-refractivity contribution >= 4 is 0 Å². The molecule has 0 bridgehead atoms. The zero-order chi connectivity index (χ0) is 38.1. The van der Waals surface area contributed by atoms with Gasteiger partial charge in [0.2, 0.25) is 0 Å². The van der Waals surface area contributed by atoms with Gasteiger partial charge in [-0.1, -0.05) is 142 Å². The Bertz CT molecular complexity index is 1160. The van der Waals surface area contributed by atoms with Gasteiger partial charge in [-0.25, -0.2) is 0 Å². The predicted molar refractivity (Wildman–Crippen MR) is 239 cm³/mol. The SMILES string of the molecule is CC1(C)C2CC(N(C3CCCC4CCCCC43)C3CCCC4CCCCC43)CCC2C2CCC(N(C3CCCC4CCCCC43)C3CCCC4CCCCC43)CC21. The van der Waals surface area contributed by atoms with Gasteiger partial charge in [0.1, 0.15) is 0 Å². The molecule has 0 aliphatic heterocycles. The maximum absolute atomic E-state index is 3.51. The van der Waals surface area contributed by atoms with E-state index in [1.165, 1.54) is 51.4 Å². The molecule has 57 heavy (non-hydrogen) atoms. The molecule has 18 unspecified atom stereocenters. The van der Waals surface area contributed by atoms with Crippen LogP contribution < -0.4 is 0 Å². The molecule has 0 saturated heterocycles. The minimum Gasteiger partial charge on any atom is -0.294 e. The van der Waals surface area contributed by atoms with E-state index >= 15 is 0 Å². The molecular formula is C55H92N2. The third kappa shape index (κ3) is 7.23. The second kappa shape index (κ2) is 16.9. The van der Waals surface area contributed by atoms with E-state index in [2.05, 4.69) is 23.6 Å². The summed E-state index contributed by atoms with van der Waals surface area (Å²) in [5.74, 6) is 12.4. The van der Waals surface area contributed by atoms with Crippen LogP contribution >= 0.6 is 0 Å². The highest BCUT2D eigenvalue weighted by atomic mass is 15.2. The van der Waals surface area contributed by atoms with Gasteiger partial charge in [0.05, 0.1) is 0 Å². The van der Waals surface area contributed by atoms with Crippen molar-refractivity contribution in [2.24, 2.45) is 76.4 Å². The van der Waals surface area contributed by atoms with Crippen molar-refractivity contribution in [3.63, 3.8) is 0 Å². The summed E-state index contributed by atoms with van der Waals surface area (Å²) in [6.45, 7) is 5.78. The molecular weight excluding hydrogens is 689 g/mol. The van der Waals surface area contributed by atoms with Crippen molar-refractivity contribution < 1.29 is 0 Å². The lowest BCUT2D eigenvalue weighted by atomic mass is 9.62. The van der Waals surface area contributed by atoms with Crippen LogP contribution in [0.15, 0.2) is 0 Å². The van der Waals surface area contributed by atoms with Crippen molar-refractivity contribution in [2.45, 2.75) is 268 Å². The molecule has 0 radical (unpaired) electrons. The first kappa shape index (κ1) is 39.7. The zero-order valence-corrected chi connectivity index (χ0v) is 37.8. The number of fused-ring (bicyclic) bond motifs is 7. The Morgan fingerprint density at radius 1 is 0.281 bits per heavy atom. The van der Waals surface area contributed by atoms with Crippen LogP contribution in [0.4, 0.5) is 0 Å². The van der Waals surface area contributed by atoms with E-state index in [0.717, 1.165) is 107 Å². The van der Waals surface area contributed by atoms with E-state index in [-0.39, 0.29) is 0 Å². The van der Waals surface area contributed by atoms with Crippen molar-refractivity contribution in [3.05, 3.63) is 0 Å². The minimum atomic E-state index is 0.518. The quantitative estimate of drug-likeness (QED) is 0.265. The zero-order valence-electron chi connectivity index (χ0n) is 37.8. The molecule has 0 aromatic heterocycles. The Labute approximate surface area is 353 Å². The molecule has 2 heteroatoms. The van der Waals surface area contributed by atoms with Crippen LogP contribution in [0.1, 0.15) is 232 Å². The molecule has 0 amide bonds. The number of rotatable bonds is 6. The number of hydrogen-bond donors (Lipinski definition) is 0. The Morgan fingerprint density at radius 2 is 0.561 bits per heavy atom. The molecule has 18 atom stereocenters. The first-order valence-corrected chi connectivity index (χ1v) is 27.6. The monoisotopic (exact) mass is 781 g/mol. The second-order valence-corrected chi connectivity index (χ2v) is 25.0. The number of nitrogens with zero attached hydrogens (tertiary/aromatic N) is 2. The summed E-state index contributed by atoms with van der Waals surface area (Å²) in [5.41, 5.74) is 0.518. The highest BCUT2D eigenvalue weighted by Gasteiger charge is 2.60. The molecule has 0 heterocycles. The van der Waals surface area contributed by atoms with Gasteiger partial charge in [-0.2, -0.15) is 0 Å². The average molecular weight is 781 g/mol. The average Bonchev–Trinajstić information content (AvgIpc) is 3.49. The maximum Gasteiger partial charge on any atom is 0.0132 e. The van der Waals surface area contributed by atoms with E-state index in [0.29, 0.717) is 5.41 Å². The Morgan fingerprint density at radius 3 is 0.877 bits per heavy atom. The fourth-order valence-electron chi connectivity index (χ4n) is 20.6. The van der Waals surface area contributed by atoms with Crippen LogP contribution in [-0.4, -0.2) is 46.1 Å². The maximum atomic E-state index is 3.51. The topological polar surface area (TPSA) is 6.48 Å². The first-order valence-electron chi connectivity index (χ1n) is 27.6. The van der Waals surface area contributed by atoms with E-state index < -0.39 is 0 Å². The summed E-state index contributed by atoms with van der Waals surface area (Å²) in [6, 6.07) is 5.51. The molecule has 322 valence electrons. The van der Waals surface area contributed by atoms with Gasteiger partial charge in [0, 0.05) is 36.3 Å². The van der Waals surface area contributed by atoms with Crippen LogP contribution in [0.2, 0.25) is 0 Å². The molecule has 11 aliphatic rings. The van der Waals surface area contributed by atoms with Crippen molar-refractivity contribution in [1.29, 1.82) is 0 Å². The van der Waals surface area contributed by atoms with Crippen molar-refractivity contribution in [1.82, 2.24) is 9.80 Å². The molecule has 0 spiro atoms. The lowest BCUT2D eigenvalue weighted by Gasteiger charge is -2.57. The number of hydrogen-bond acceptors (Lipinski definition) is 2. The highest BCUT2D eigenvalue weighted by molar-refractivity contribution is 5.11. The second-order valence-electron chi connectivity index (χ2n) is 25.0. The summed E-state index contributed by atoms with van der Waals surface area (Å²) in [6.07, 6.45) is 53.0. The van der Waals surface area contributed by atoms with Gasteiger partial charge in [-0.15, -0.1) is 0 Å². The van der Waals surface area contributed by atoms with Gasteiger partial charge in [0.25, 0.3) is 0 Å². The fourth-order valence-corrected chi connectivity index (χ4v) is 20.6. The third-order valence-corrected chi connectivity index (χ3v) is 22.7. The summed E-state index contributed by atoms with van der Waals surface area (Å²) >= 11 is 0. The molecule has 2 nitrogen and oxygen atoms in total. The van der Waals surface area contributed by atoms with Crippen LogP contribution in [0, 0.1) is 76.4 Å². The highest BCUT2D eigenvalue weighted by Crippen LogP contribution is 2.65. The van der Waals surface area contributed by atoms with Gasteiger partial charge in [-0.3, -0.25) is 9.80 Å². The van der Waals surface area contributed by atoms with Crippen molar-refractivity contribution in [3.8, 4) is 0 Å². The van der Waals surface area contributed by atoms with Crippen LogP contribution in [0.25, 0.3) is 0 Å². The molecule has 0 aromatic carbocycles. The Balaban J connectivity index is 0.876. The Hall–Kier alpha value is -0.0800. The molecule has 11 saturated carbocycles. The van der Waals surface area contributed by atoms with Crippen LogP contribution in [-0.2, 0) is 0 Å². The summed E-state index contributed by atoms with van der Waals surface area (Å²) in [4.78, 5) is 7.02. The van der Waals surface area contributed by atoms with Gasteiger partial charge in [-0.05, 0) is 166 Å². The Kier molecular flexibility index (Phi) is 11.8. The molecule has 0 N–H and O–H groups in total. The smallest absolute Gasteiger partial charge is 0.0132 e. The third-order valence-electron chi connectivity index (χ3n) is 22.7. The van der Waals surface area contributed by atoms with Gasteiger partial charge in [0.15, 0.2) is 0 Å². The lowest BCUT2D eigenvalue weighted by Crippen LogP contribution is -2.60. The standard InChI is InChI=1S/C55H92N2/c1-55(2)49-35-41(56(51-27-11-19-37-15-3-7-23-43(37)51)52-28-12-20-38-16-4-8-24-44(38)52)31-33-47(49)48-34-32-42(36-50(48)55)57(53-29-13-21-39-17-5-9-25-45(39)53)54-30-14-22-40-18-6-10-26-46(40)54/h37-54H,3-36H2,1-2H3. The van der Waals surface area contributed by atoms with Gasteiger partial charge < -0.3 is 0 Å². The van der Waals surface area contributed by atoms with Gasteiger partial charge >= 0.3 is 0 Å². The predicted octanol–water partition coefficient (Wildman–Crippen LogP) is 14.6. The summed E-state index contributed by atoms with van der Waals surface area (Å²) in [5, 5.41) is 0. The van der Waals surface area contributed by atoms with Crippen molar-refractivity contribution in [2.75, 3.05) is 0 Å². The van der Waals surface area contributed by atoms with E-state index in [1.54, 1.807) is 167 Å². The molecule has 11 fully saturated rings. The normalized spacial score (nSPS) is 51.2. The summed E-state index contributed by atoms with van der Waals surface area (Å²) in [7, 11) is 0. The summed E-state index contributed by atoms with van der Waals surface area (Å²) < 4.78 is 0. The fraction of sp³-hybridized carbons (Fsp3) is 1.00. The molecule has 0 aromatic rings. The first-order chi connectivity index (χ1) is 28.0. The van der Waals surface area contributed by atoms with E-state index in [9.17, 15) is 0 Å². The minimum absolute atomic E-state index is 0.518. The largest absolute Gasteiger partial charge is 0.294 e. The lowest BCUT2D eigenvalue weighted by molar-refractivity contribution is -0.0802.